The summed E-state index contributed by atoms with van der Waals surface area (Å²) in [5, 5.41) is 1.22. The second-order valence-electron chi connectivity index (χ2n) is 8.28. The number of thioether (sulfide) groups is 2. The van der Waals surface area contributed by atoms with E-state index in [9.17, 15) is 9.59 Å². The molecule has 2 aromatic rings. The fourth-order valence-electron chi connectivity index (χ4n) is 4.15. The van der Waals surface area contributed by atoms with E-state index in [0.29, 0.717) is 11.3 Å². The van der Waals surface area contributed by atoms with Crippen molar-refractivity contribution < 1.29 is 27.9 Å². The Labute approximate surface area is 215 Å². The van der Waals surface area contributed by atoms with Gasteiger partial charge in [0.25, 0.3) is 5.91 Å². The molecule has 0 aliphatic carbocycles. The normalized spacial score (nSPS) is 20.4. The number of benzene rings is 2. The van der Waals surface area contributed by atoms with E-state index in [1.807, 2.05) is 6.07 Å². The SMILES string of the molecule is O=C(c1ccccc1)N1CCN(c2c(F)cc(N3C[C@H](CSC4=NCCS4)OC3=O)cc2F)CCO1. The molecule has 0 spiro atoms. The van der Waals surface area contributed by atoms with E-state index in [2.05, 4.69) is 4.99 Å². The summed E-state index contributed by atoms with van der Waals surface area (Å²) in [6, 6.07) is 11.0. The lowest BCUT2D eigenvalue weighted by molar-refractivity contribution is -0.111. The van der Waals surface area contributed by atoms with Crippen LogP contribution in [0.3, 0.4) is 0 Å². The number of anilines is 2. The second kappa shape index (κ2) is 11.1. The molecule has 12 heteroatoms. The molecule has 8 nitrogen and oxygen atoms in total. The van der Waals surface area contributed by atoms with Gasteiger partial charge in [0.05, 0.1) is 31.9 Å². The van der Waals surface area contributed by atoms with Gasteiger partial charge in [0, 0.05) is 42.3 Å². The molecule has 2 saturated heterocycles. The zero-order valence-corrected chi connectivity index (χ0v) is 20.9. The van der Waals surface area contributed by atoms with Crippen LogP contribution in [0.15, 0.2) is 47.5 Å². The van der Waals surface area contributed by atoms with E-state index in [4.69, 9.17) is 9.57 Å². The Morgan fingerprint density at radius 3 is 2.64 bits per heavy atom. The fraction of sp³-hybridized carbons (Fsp3) is 0.375. The van der Waals surface area contributed by atoms with Gasteiger partial charge in [0.1, 0.15) is 16.2 Å². The molecule has 0 unspecified atom stereocenters. The molecular weight excluding hydrogens is 510 g/mol. The second-order valence-corrected chi connectivity index (χ2v) is 10.6. The van der Waals surface area contributed by atoms with Crippen molar-refractivity contribution in [3.8, 4) is 0 Å². The van der Waals surface area contributed by atoms with Crippen molar-refractivity contribution in [2.75, 3.05) is 60.6 Å². The van der Waals surface area contributed by atoms with Gasteiger partial charge in [0.2, 0.25) is 0 Å². The van der Waals surface area contributed by atoms with Crippen molar-refractivity contribution >= 4 is 51.3 Å². The molecule has 36 heavy (non-hydrogen) atoms. The number of hydroxylamine groups is 2. The van der Waals surface area contributed by atoms with Gasteiger partial charge >= 0.3 is 6.09 Å². The molecule has 0 bridgehead atoms. The molecule has 0 saturated carbocycles. The van der Waals surface area contributed by atoms with Crippen LogP contribution in [-0.2, 0) is 9.57 Å². The number of cyclic esters (lactones) is 1. The maximum Gasteiger partial charge on any atom is 0.414 e. The summed E-state index contributed by atoms with van der Waals surface area (Å²) in [6.07, 6.45) is -1.03. The zero-order chi connectivity index (χ0) is 25.1. The first-order valence-electron chi connectivity index (χ1n) is 11.5. The molecule has 2 fully saturated rings. The quantitative estimate of drug-likeness (QED) is 0.574. The Morgan fingerprint density at radius 1 is 1.14 bits per heavy atom. The number of carbonyl (C=O) groups excluding carboxylic acids is 2. The Kier molecular flexibility index (Phi) is 7.63. The summed E-state index contributed by atoms with van der Waals surface area (Å²) in [5.41, 5.74) is 0.356. The van der Waals surface area contributed by atoms with Crippen LogP contribution >= 0.6 is 23.5 Å². The van der Waals surface area contributed by atoms with Crippen LogP contribution in [0.1, 0.15) is 10.4 Å². The number of carbonyl (C=O) groups is 2. The minimum absolute atomic E-state index is 0.0839. The Morgan fingerprint density at radius 2 is 1.92 bits per heavy atom. The zero-order valence-electron chi connectivity index (χ0n) is 19.3. The highest BCUT2D eigenvalue weighted by molar-refractivity contribution is 8.39. The molecule has 3 aliphatic heterocycles. The summed E-state index contributed by atoms with van der Waals surface area (Å²) in [6.45, 7) is 1.59. The molecular formula is C24H24F2N4O4S2. The molecule has 190 valence electrons. The first-order valence-corrected chi connectivity index (χ1v) is 13.5. The highest BCUT2D eigenvalue weighted by atomic mass is 32.2. The third-order valence-corrected chi connectivity index (χ3v) is 8.27. The van der Waals surface area contributed by atoms with Crippen LogP contribution in [0, 0.1) is 11.6 Å². The maximum absolute atomic E-state index is 15.2. The van der Waals surface area contributed by atoms with Crippen LogP contribution in [0.25, 0.3) is 0 Å². The number of rotatable bonds is 5. The average molecular weight is 535 g/mol. The minimum atomic E-state index is -0.796. The fourth-order valence-corrected chi connectivity index (χ4v) is 6.17. The first kappa shape index (κ1) is 24.8. The summed E-state index contributed by atoms with van der Waals surface area (Å²) in [4.78, 5) is 37.8. The third-order valence-electron chi connectivity index (χ3n) is 5.88. The van der Waals surface area contributed by atoms with E-state index in [0.717, 1.165) is 28.8 Å². The van der Waals surface area contributed by atoms with Gasteiger partial charge < -0.3 is 9.64 Å². The molecule has 5 rings (SSSR count). The van der Waals surface area contributed by atoms with Crippen molar-refractivity contribution in [2.24, 2.45) is 4.99 Å². The summed E-state index contributed by atoms with van der Waals surface area (Å²) in [5.74, 6) is -0.421. The number of amides is 2. The standard InChI is InChI=1S/C24H24F2N4O4S2/c25-19-12-17(29-14-18(34-24(29)32)15-36-23-27-6-11-35-23)13-20(26)21(19)28-7-8-30(33-10-9-28)22(31)16-4-2-1-3-5-16/h1-5,12-13,18H,6-11,14-15H2/t18-/m1/s1. The lowest BCUT2D eigenvalue weighted by Gasteiger charge is -2.24. The highest BCUT2D eigenvalue weighted by Gasteiger charge is 2.34. The van der Waals surface area contributed by atoms with Crippen molar-refractivity contribution in [1.29, 1.82) is 0 Å². The van der Waals surface area contributed by atoms with Crippen LogP contribution in [-0.4, -0.2) is 78.4 Å². The van der Waals surface area contributed by atoms with Gasteiger partial charge in [-0.2, -0.15) is 0 Å². The lowest BCUT2D eigenvalue weighted by Crippen LogP contribution is -2.35. The number of nitrogens with zero attached hydrogens (tertiary/aromatic N) is 4. The van der Waals surface area contributed by atoms with Gasteiger partial charge in [-0.05, 0) is 12.1 Å². The van der Waals surface area contributed by atoms with Crippen molar-refractivity contribution in [3.05, 3.63) is 59.7 Å². The van der Waals surface area contributed by atoms with E-state index in [1.165, 1.54) is 26.6 Å². The Balaban J connectivity index is 1.24. The molecule has 2 amide bonds. The van der Waals surface area contributed by atoms with Gasteiger partial charge in [-0.3, -0.25) is 19.5 Å². The van der Waals surface area contributed by atoms with Crippen molar-refractivity contribution in [3.63, 3.8) is 0 Å². The number of hydrogen-bond acceptors (Lipinski definition) is 8. The molecule has 2 aromatic carbocycles. The summed E-state index contributed by atoms with van der Waals surface area (Å²) >= 11 is 3.19. The highest BCUT2D eigenvalue weighted by Crippen LogP contribution is 2.32. The largest absolute Gasteiger partial charge is 0.443 e. The van der Waals surface area contributed by atoms with E-state index >= 15 is 8.78 Å². The first-order chi connectivity index (χ1) is 17.5. The van der Waals surface area contributed by atoms with Gasteiger partial charge in [-0.15, -0.1) is 0 Å². The van der Waals surface area contributed by atoms with Crippen molar-refractivity contribution in [2.45, 2.75) is 6.10 Å². The molecule has 0 N–H and O–H groups in total. The predicted molar refractivity (Wildman–Crippen MR) is 137 cm³/mol. The number of halogens is 2. The molecule has 3 aliphatic rings. The number of hydrogen-bond donors (Lipinski definition) is 0. The average Bonchev–Trinajstić information content (AvgIpc) is 3.46. The monoisotopic (exact) mass is 534 g/mol. The number of aliphatic imine (C=N–C) groups is 1. The third kappa shape index (κ3) is 5.45. The summed E-state index contributed by atoms with van der Waals surface area (Å²) < 4.78 is 36.7. The van der Waals surface area contributed by atoms with E-state index < -0.39 is 23.8 Å². The molecule has 3 heterocycles. The van der Waals surface area contributed by atoms with Crippen molar-refractivity contribution in [1.82, 2.24) is 5.06 Å². The van der Waals surface area contributed by atoms with Crippen LogP contribution in [0.5, 0.6) is 0 Å². The number of ether oxygens (including phenoxy) is 1. The van der Waals surface area contributed by atoms with Crippen LogP contribution in [0.2, 0.25) is 0 Å². The maximum atomic E-state index is 15.2. The molecule has 0 aromatic heterocycles. The van der Waals surface area contributed by atoms with Gasteiger partial charge in [-0.25, -0.2) is 18.6 Å². The van der Waals surface area contributed by atoms with E-state index in [1.54, 1.807) is 36.0 Å². The van der Waals surface area contributed by atoms with Crippen LogP contribution < -0.4 is 9.80 Å². The van der Waals surface area contributed by atoms with Gasteiger partial charge in [0.15, 0.2) is 11.6 Å². The van der Waals surface area contributed by atoms with E-state index in [-0.39, 0.29) is 50.1 Å². The topological polar surface area (TPSA) is 74.7 Å². The molecule has 0 radical (unpaired) electrons. The predicted octanol–water partition coefficient (Wildman–Crippen LogP) is 4.02. The van der Waals surface area contributed by atoms with Crippen LogP contribution in [0.4, 0.5) is 25.0 Å². The molecule has 1 atom stereocenters. The lowest BCUT2D eigenvalue weighted by atomic mass is 10.2. The Hall–Kier alpha value is -2.83. The smallest absolute Gasteiger partial charge is 0.414 e. The Bertz CT molecular complexity index is 1150. The summed E-state index contributed by atoms with van der Waals surface area (Å²) in [7, 11) is 0. The van der Waals surface area contributed by atoms with Gasteiger partial charge in [-0.1, -0.05) is 41.7 Å². The minimum Gasteiger partial charge on any atom is -0.443 e.